The Kier molecular flexibility index (Phi) is 13.4. The standard InChI is InChI=1S/C15H24S.C2H7N/c1-2-3-4-5-6-7-8-9-14-10-12-15(16)13-11-14;1-3-2/h10-13,16H,2-9H2,1H3;3H,1-2H3. The Labute approximate surface area is 125 Å². The van der Waals surface area contributed by atoms with Gasteiger partial charge in [0.25, 0.3) is 0 Å². The molecule has 0 saturated heterocycles. The second-order valence-electron chi connectivity index (χ2n) is 5.09. The fraction of sp³-hybridized carbons (Fsp3) is 0.647. The van der Waals surface area contributed by atoms with E-state index < -0.39 is 0 Å². The quantitative estimate of drug-likeness (QED) is 0.568. The molecule has 0 unspecified atom stereocenters. The summed E-state index contributed by atoms with van der Waals surface area (Å²) in [5.41, 5.74) is 1.43. The first-order valence-corrected chi connectivity index (χ1v) is 8.15. The van der Waals surface area contributed by atoms with E-state index in [1.54, 1.807) is 0 Å². The van der Waals surface area contributed by atoms with Gasteiger partial charge in [-0.15, -0.1) is 0 Å². The van der Waals surface area contributed by atoms with Crippen LogP contribution in [-0.4, -0.2) is 14.1 Å². The van der Waals surface area contributed by atoms with Gasteiger partial charge in [-0.3, -0.25) is 0 Å². The molecule has 1 aromatic rings. The van der Waals surface area contributed by atoms with Crippen molar-refractivity contribution >= 4 is 12.6 Å². The molecule has 0 spiro atoms. The third-order valence-electron chi connectivity index (χ3n) is 2.99. The number of quaternary nitrogens is 1. The molecule has 0 bridgehead atoms. The number of aryl methyl sites for hydroxylation is 1. The molecule has 0 fully saturated rings. The fourth-order valence-electron chi connectivity index (χ4n) is 1.94. The molecule has 1 aromatic carbocycles. The summed E-state index contributed by atoms with van der Waals surface area (Å²) in [4.78, 5) is 0.948. The molecule has 0 aliphatic carbocycles. The Morgan fingerprint density at radius 2 is 1.32 bits per heavy atom. The molecule has 0 amide bonds. The highest BCUT2D eigenvalue weighted by Crippen LogP contribution is 2.11. The molecule has 1 rings (SSSR count). The SMILES string of the molecule is CCCCCCCCCc1ccc([S-])cc1.C[NH2+]C. The minimum atomic E-state index is 0.948. The van der Waals surface area contributed by atoms with Crippen LogP contribution in [0.4, 0.5) is 0 Å². The van der Waals surface area contributed by atoms with Crippen molar-refractivity contribution in [3.63, 3.8) is 0 Å². The molecule has 110 valence electrons. The molecule has 2 N–H and O–H groups in total. The minimum absolute atomic E-state index is 0.948. The molecule has 0 aliphatic heterocycles. The Hall–Kier alpha value is -0.600. The van der Waals surface area contributed by atoms with Crippen LogP contribution in [0.25, 0.3) is 0 Å². The van der Waals surface area contributed by atoms with Gasteiger partial charge in [0.05, 0.1) is 14.1 Å². The summed E-state index contributed by atoms with van der Waals surface area (Å²) in [6.07, 6.45) is 10.9. The average molecular weight is 282 g/mol. The first-order chi connectivity index (χ1) is 9.24. The maximum absolute atomic E-state index is 5.07. The molecule has 2 heteroatoms. The summed E-state index contributed by atoms with van der Waals surface area (Å²) >= 11 is 5.07. The van der Waals surface area contributed by atoms with Gasteiger partial charge in [-0.05, 0) is 18.4 Å². The monoisotopic (exact) mass is 281 g/mol. The van der Waals surface area contributed by atoms with Crippen molar-refractivity contribution < 1.29 is 5.32 Å². The van der Waals surface area contributed by atoms with E-state index in [0.717, 1.165) is 4.90 Å². The number of hydrogen-bond acceptors (Lipinski definition) is 1. The number of nitrogens with two attached hydrogens (primary N) is 1. The van der Waals surface area contributed by atoms with Gasteiger partial charge in [-0.1, -0.05) is 69.7 Å². The van der Waals surface area contributed by atoms with Gasteiger partial charge >= 0.3 is 0 Å². The van der Waals surface area contributed by atoms with E-state index in [2.05, 4.69) is 19.1 Å². The van der Waals surface area contributed by atoms with Crippen molar-refractivity contribution in [1.29, 1.82) is 0 Å². The van der Waals surface area contributed by atoms with E-state index in [4.69, 9.17) is 12.6 Å². The lowest BCUT2D eigenvalue weighted by Crippen LogP contribution is -2.74. The van der Waals surface area contributed by atoms with Crippen molar-refractivity contribution in [2.24, 2.45) is 0 Å². The lowest BCUT2D eigenvalue weighted by Gasteiger charge is -2.06. The minimum Gasteiger partial charge on any atom is -0.780 e. The van der Waals surface area contributed by atoms with Crippen LogP contribution in [0.2, 0.25) is 0 Å². The van der Waals surface area contributed by atoms with Gasteiger partial charge in [0.1, 0.15) is 0 Å². The van der Waals surface area contributed by atoms with Gasteiger partial charge in [-0.2, -0.15) is 4.90 Å². The van der Waals surface area contributed by atoms with Crippen LogP contribution in [0.3, 0.4) is 0 Å². The van der Waals surface area contributed by atoms with Gasteiger partial charge < -0.3 is 17.9 Å². The van der Waals surface area contributed by atoms with Gasteiger partial charge in [-0.25, -0.2) is 0 Å². The largest absolute Gasteiger partial charge is 0.780 e. The lowest BCUT2D eigenvalue weighted by atomic mass is 10.0. The summed E-state index contributed by atoms with van der Waals surface area (Å²) in [5, 5.41) is 2.00. The molecule has 19 heavy (non-hydrogen) atoms. The topological polar surface area (TPSA) is 16.6 Å². The molecular formula is C17H31NS. The molecule has 1 nitrogen and oxygen atoms in total. The zero-order chi connectivity index (χ0) is 14.3. The Bertz CT molecular complexity index is 282. The second-order valence-corrected chi connectivity index (χ2v) is 5.56. The summed E-state index contributed by atoms with van der Waals surface area (Å²) in [5.74, 6) is 0. The molecule has 0 heterocycles. The second kappa shape index (κ2) is 13.8. The summed E-state index contributed by atoms with van der Waals surface area (Å²) in [6.45, 7) is 2.27. The number of hydrogen-bond donors (Lipinski definition) is 1. The van der Waals surface area contributed by atoms with Gasteiger partial charge in [0.15, 0.2) is 0 Å². The van der Waals surface area contributed by atoms with E-state index in [0.29, 0.717) is 0 Å². The van der Waals surface area contributed by atoms with Crippen molar-refractivity contribution in [3.8, 4) is 0 Å². The summed E-state index contributed by atoms with van der Waals surface area (Å²) < 4.78 is 0. The normalized spacial score (nSPS) is 9.84. The predicted octanol–water partition coefficient (Wildman–Crippen LogP) is 3.69. The maximum Gasteiger partial charge on any atom is 0.0647 e. The Balaban J connectivity index is 0.000000982. The Morgan fingerprint density at radius 1 is 0.842 bits per heavy atom. The number of rotatable bonds is 8. The fourth-order valence-corrected chi connectivity index (χ4v) is 2.08. The van der Waals surface area contributed by atoms with E-state index >= 15 is 0 Å². The zero-order valence-corrected chi connectivity index (χ0v) is 13.8. The molecule has 0 atom stereocenters. The molecule has 0 aliphatic rings. The van der Waals surface area contributed by atoms with Crippen LogP contribution in [0, 0.1) is 0 Å². The highest BCUT2D eigenvalue weighted by atomic mass is 32.1. The van der Waals surface area contributed by atoms with E-state index in [1.165, 1.54) is 56.9 Å². The highest BCUT2D eigenvalue weighted by Gasteiger charge is 1.93. The number of unbranched alkanes of at least 4 members (excludes halogenated alkanes) is 6. The van der Waals surface area contributed by atoms with Crippen LogP contribution in [-0.2, 0) is 19.0 Å². The molecule has 0 saturated carbocycles. The third kappa shape index (κ3) is 12.2. The number of benzene rings is 1. The summed E-state index contributed by atoms with van der Waals surface area (Å²) in [7, 11) is 4.00. The van der Waals surface area contributed by atoms with Crippen LogP contribution in [0.5, 0.6) is 0 Å². The van der Waals surface area contributed by atoms with E-state index in [9.17, 15) is 0 Å². The molecular weight excluding hydrogens is 250 g/mol. The molecule has 0 aromatic heterocycles. The van der Waals surface area contributed by atoms with Crippen LogP contribution in [0.15, 0.2) is 29.2 Å². The Morgan fingerprint density at radius 3 is 1.84 bits per heavy atom. The zero-order valence-electron chi connectivity index (χ0n) is 13.0. The summed E-state index contributed by atoms with van der Waals surface area (Å²) in [6, 6.07) is 8.40. The van der Waals surface area contributed by atoms with Crippen molar-refractivity contribution in [1.82, 2.24) is 0 Å². The smallest absolute Gasteiger partial charge is 0.0647 e. The van der Waals surface area contributed by atoms with Crippen molar-refractivity contribution in [2.75, 3.05) is 14.1 Å². The highest BCUT2D eigenvalue weighted by molar-refractivity contribution is 7.58. The van der Waals surface area contributed by atoms with Gasteiger partial charge in [0, 0.05) is 0 Å². The van der Waals surface area contributed by atoms with Crippen molar-refractivity contribution in [3.05, 3.63) is 29.8 Å². The van der Waals surface area contributed by atoms with Crippen LogP contribution < -0.4 is 5.32 Å². The lowest BCUT2D eigenvalue weighted by molar-refractivity contribution is -0.597. The predicted molar refractivity (Wildman–Crippen MR) is 87.5 cm³/mol. The van der Waals surface area contributed by atoms with Crippen LogP contribution in [0.1, 0.15) is 57.4 Å². The maximum atomic E-state index is 5.07. The van der Waals surface area contributed by atoms with Gasteiger partial charge in [0.2, 0.25) is 0 Å². The molecule has 0 radical (unpaired) electrons. The third-order valence-corrected chi connectivity index (χ3v) is 3.26. The van der Waals surface area contributed by atoms with Crippen molar-refractivity contribution in [2.45, 2.75) is 63.2 Å². The first kappa shape index (κ1) is 18.4. The first-order valence-electron chi connectivity index (χ1n) is 7.74. The average Bonchev–Trinajstić information content (AvgIpc) is 2.41. The van der Waals surface area contributed by atoms with Crippen LogP contribution >= 0.6 is 0 Å². The van der Waals surface area contributed by atoms with E-state index in [-0.39, 0.29) is 0 Å². The van der Waals surface area contributed by atoms with E-state index in [1.807, 2.05) is 31.5 Å².